The third kappa shape index (κ3) is 3.38. The molecule has 0 N–H and O–H groups in total. The minimum atomic E-state index is -0.513. The van der Waals surface area contributed by atoms with Gasteiger partial charge in [0.2, 0.25) is 0 Å². The molecule has 0 fully saturated rings. The number of rotatable bonds is 5. The normalized spacial score (nSPS) is 14.3. The first kappa shape index (κ1) is 15.3. The Hall–Kier alpha value is -0.750. The van der Waals surface area contributed by atoms with E-state index in [-0.39, 0.29) is 0 Å². The predicted octanol–water partition coefficient (Wildman–Crippen LogP) is 4.16. The van der Waals surface area contributed by atoms with Crippen LogP contribution < -0.4 is 0 Å². The molecule has 1 rings (SSSR count). The van der Waals surface area contributed by atoms with Gasteiger partial charge in [-0.1, -0.05) is 43.1 Å². The van der Waals surface area contributed by atoms with Crippen molar-refractivity contribution >= 4 is 23.2 Å². The van der Waals surface area contributed by atoms with Crippen LogP contribution in [0.1, 0.15) is 26.3 Å². The summed E-state index contributed by atoms with van der Waals surface area (Å²) in [5, 5.41) is 10.5. The van der Waals surface area contributed by atoms with E-state index in [4.69, 9.17) is 23.2 Å². The average molecular weight is 285 g/mol. The van der Waals surface area contributed by atoms with Crippen LogP contribution in [0.5, 0.6) is 0 Å². The first-order chi connectivity index (χ1) is 8.46. The molecule has 0 spiro atoms. The van der Waals surface area contributed by atoms with Crippen molar-refractivity contribution in [2.24, 2.45) is 0 Å². The topological polar surface area (TPSA) is 27.0 Å². The number of hydrogen-bond acceptors (Lipinski definition) is 2. The van der Waals surface area contributed by atoms with Crippen molar-refractivity contribution < 1.29 is 0 Å². The number of likely N-dealkylation sites (N-methyl/N-ethyl adjacent to an activating group) is 1. The second-order valence-electron chi connectivity index (χ2n) is 4.48. The van der Waals surface area contributed by atoms with Gasteiger partial charge in [0.15, 0.2) is 0 Å². The molecular formula is C14H18Cl2N2. The Labute approximate surface area is 119 Å². The molecule has 1 aromatic rings. The van der Waals surface area contributed by atoms with Gasteiger partial charge in [-0.25, -0.2) is 0 Å². The van der Waals surface area contributed by atoms with Gasteiger partial charge >= 0.3 is 0 Å². The summed E-state index contributed by atoms with van der Waals surface area (Å²) in [6, 6.07) is 7.95. The van der Waals surface area contributed by atoms with Gasteiger partial charge < -0.3 is 0 Å². The maximum absolute atomic E-state index is 9.45. The zero-order valence-electron chi connectivity index (χ0n) is 11.0. The Balaban J connectivity index is 2.98. The van der Waals surface area contributed by atoms with Gasteiger partial charge in [-0.3, -0.25) is 4.90 Å². The standard InChI is InChI=1S/C14H18Cl2N2/c1-4-18(5-2)14(3,10-17)9-11-6-7-12(15)13(16)8-11/h6-8H,4-5,9H2,1-3H3. The molecule has 1 aromatic carbocycles. The first-order valence-electron chi connectivity index (χ1n) is 6.07. The highest BCUT2D eigenvalue weighted by atomic mass is 35.5. The van der Waals surface area contributed by atoms with Crippen LogP contribution in [-0.2, 0) is 6.42 Å². The summed E-state index contributed by atoms with van der Waals surface area (Å²) in [5.41, 5.74) is 0.515. The number of hydrogen-bond donors (Lipinski definition) is 0. The van der Waals surface area contributed by atoms with Crippen LogP contribution in [-0.4, -0.2) is 23.5 Å². The fourth-order valence-electron chi connectivity index (χ4n) is 2.19. The molecule has 0 amide bonds. The highest BCUT2D eigenvalue weighted by Gasteiger charge is 2.30. The highest BCUT2D eigenvalue weighted by Crippen LogP contribution is 2.26. The fourth-order valence-corrected chi connectivity index (χ4v) is 2.51. The van der Waals surface area contributed by atoms with E-state index in [1.807, 2.05) is 19.1 Å². The molecule has 0 aromatic heterocycles. The molecule has 4 heteroatoms. The third-order valence-electron chi connectivity index (χ3n) is 3.23. The van der Waals surface area contributed by atoms with Crippen molar-refractivity contribution in [3.8, 4) is 6.07 Å². The van der Waals surface area contributed by atoms with E-state index in [1.54, 1.807) is 6.07 Å². The molecule has 0 bridgehead atoms. The molecule has 2 nitrogen and oxygen atoms in total. The molecule has 0 aliphatic heterocycles. The van der Waals surface area contributed by atoms with Gasteiger partial charge in [0.05, 0.1) is 16.1 Å². The largest absolute Gasteiger partial charge is 0.286 e. The molecule has 0 aliphatic rings. The second-order valence-corrected chi connectivity index (χ2v) is 5.30. The van der Waals surface area contributed by atoms with E-state index in [1.165, 1.54) is 0 Å². The minimum absolute atomic E-state index is 0.513. The molecule has 1 atom stereocenters. The lowest BCUT2D eigenvalue weighted by Crippen LogP contribution is -2.46. The fraction of sp³-hybridized carbons (Fsp3) is 0.500. The second kappa shape index (κ2) is 6.43. The monoisotopic (exact) mass is 284 g/mol. The summed E-state index contributed by atoms with van der Waals surface area (Å²) in [5.74, 6) is 0. The highest BCUT2D eigenvalue weighted by molar-refractivity contribution is 6.42. The average Bonchev–Trinajstić information content (AvgIpc) is 2.35. The van der Waals surface area contributed by atoms with Gasteiger partial charge in [0.25, 0.3) is 0 Å². The van der Waals surface area contributed by atoms with Gasteiger partial charge in [-0.05, 0) is 37.7 Å². The van der Waals surface area contributed by atoms with Gasteiger partial charge in [-0.15, -0.1) is 0 Å². The summed E-state index contributed by atoms with van der Waals surface area (Å²) in [6.45, 7) is 7.79. The summed E-state index contributed by atoms with van der Waals surface area (Å²) < 4.78 is 0. The van der Waals surface area contributed by atoms with Crippen molar-refractivity contribution in [2.45, 2.75) is 32.7 Å². The summed E-state index contributed by atoms with van der Waals surface area (Å²) in [4.78, 5) is 2.15. The Kier molecular flexibility index (Phi) is 5.47. The van der Waals surface area contributed by atoms with Crippen molar-refractivity contribution in [3.63, 3.8) is 0 Å². The maximum atomic E-state index is 9.45. The van der Waals surface area contributed by atoms with E-state index in [0.29, 0.717) is 16.5 Å². The summed E-state index contributed by atoms with van der Waals surface area (Å²) >= 11 is 11.9. The van der Waals surface area contributed by atoms with Crippen LogP contribution in [0, 0.1) is 11.3 Å². The van der Waals surface area contributed by atoms with Crippen LogP contribution in [0.2, 0.25) is 10.0 Å². The number of nitrogens with zero attached hydrogens (tertiary/aromatic N) is 2. The molecule has 0 aliphatic carbocycles. The van der Waals surface area contributed by atoms with E-state index in [2.05, 4.69) is 24.8 Å². The number of benzene rings is 1. The van der Waals surface area contributed by atoms with Gasteiger partial charge in [0, 0.05) is 6.42 Å². The van der Waals surface area contributed by atoms with Crippen molar-refractivity contribution in [1.82, 2.24) is 4.90 Å². The summed E-state index contributed by atoms with van der Waals surface area (Å²) in [6.07, 6.45) is 0.641. The lowest BCUT2D eigenvalue weighted by Gasteiger charge is -2.34. The Morgan fingerprint density at radius 2 is 1.83 bits per heavy atom. The maximum Gasteiger partial charge on any atom is 0.110 e. The zero-order valence-corrected chi connectivity index (χ0v) is 12.5. The van der Waals surface area contributed by atoms with Crippen LogP contribution in [0.3, 0.4) is 0 Å². The predicted molar refractivity (Wildman–Crippen MR) is 77.1 cm³/mol. The molecule has 1 unspecified atom stereocenters. The van der Waals surface area contributed by atoms with E-state index >= 15 is 0 Å². The first-order valence-corrected chi connectivity index (χ1v) is 6.82. The van der Waals surface area contributed by atoms with E-state index in [0.717, 1.165) is 18.7 Å². The molecular weight excluding hydrogens is 267 g/mol. The van der Waals surface area contributed by atoms with Crippen LogP contribution in [0.25, 0.3) is 0 Å². The van der Waals surface area contributed by atoms with E-state index < -0.39 is 5.54 Å². The Morgan fingerprint density at radius 1 is 1.22 bits per heavy atom. The van der Waals surface area contributed by atoms with Crippen LogP contribution in [0.4, 0.5) is 0 Å². The molecule has 0 radical (unpaired) electrons. The van der Waals surface area contributed by atoms with Crippen molar-refractivity contribution in [2.75, 3.05) is 13.1 Å². The van der Waals surface area contributed by atoms with Crippen molar-refractivity contribution in [3.05, 3.63) is 33.8 Å². The number of nitriles is 1. The Morgan fingerprint density at radius 3 is 2.28 bits per heavy atom. The lowest BCUT2D eigenvalue weighted by molar-refractivity contribution is 0.169. The van der Waals surface area contributed by atoms with Crippen LogP contribution in [0.15, 0.2) is 18.2 Å². The Bertz CT molecular complexity index is 450. The van der Waals surface area contributed by atoms with Gasteiger partial charge in [-0.2, -0.15) is 5.26 Å². The van der Waals surface area contributed by atoms with Crippen molar-refractivity contribution in [1.29, 1.82) is 5.26 Å². The zero-order chi connectivity index (χ0) is 13.8. The molecule has 18 heavy (non-hydrogen) atoms. The third-order valence-corrected chi connectivity index (χ3v) is 3.97. The number of halogens is 2. The smallest absolute Gasteiger partial charge is 0.110 e. The molecule has 98 valence electrons. The van der Waals surface area contributed by atoms with Gasteiger partial charge in [0.1, 0.15) is 5.54 Å². The minimum Gasteiger partial charge on any atom is -0.286 e. The molecule has 0 saturated heterocycles. The molecule has 0 heterocycles. The summed E-state index contributed by atoms with van der Waals surface area (Å²) in [7, 11) is 0. The van der Waals surface area contributed by atoms with Crippen LogP contribution >= 0.6 is 23.2 Å². The molecule has 0 saturated carbocycles. The quantitative estimate of drug-likeness (QED) is 0.812. The lowest BCUT2D eigenvalue weighted by atomic mass is 9.92. The van der Waals surface area contributed by atoms with E-state index in [9.17, 15) is 5.26 Å². The SMILES string of the molecule is CCN(CC)C(C)(C#N)Cc1ccc(Cl)c(Cl)c1.